The Morgan fingerprint density at radius 2 is 1.79 bits per heavy atom. The van der Waals surface area contributed by atoms with E-state index in [9.17, 15) is 8.78 Å². The van der Waals surface area contributed by atoms with Gasteiger partial charge in [-0.1, -0.05) is 0 Å². The first kappa shape index (κ1) is 9.04. The molecule has 3 fully saturated rings. The van der Waals surface area contributed by atoms with E-state index in [0.29, 0.717) is 13.1 Å². The third-order valence-corrected chi connectivity index (χ3v) is 4.13. The van der Waals surface area contributed by atoms with Crippen LogP contribution in [0.4, 0.5) is 8.78 Å². The standard InChI is InChI=1S/C10H15F2NO/c11-10(12)7-3-13(4-8(7)10)5-9(6-14)1-2-9/h7-8,14H,1-6H2. The van der Waals surface area contributed by atoms with Crippen LogP contribution >= 0.6 is 0 Å². The number of likely N-dealkylation sites (tertiary alicyclic amines) is 1. The SMILES string of the molecule is OCC1(CN2CC3C(C2)C3(F)F)CC1. The summed E-state index contributed by atoms with van der Waals surface area (Å²) < 4.78 is 25.7. The van der Waals surface area contributed by atoms with E-state index in [-0.39, 0.29) is 23.9 Å². The van der Waals surface area contributed by atoms with Crippen molar-refractivity contribution in [3.05, 3.63) is 0 Å². The van der Waals surface area contributed by atoms with E-state index in [0.717, 1.165) is 19.4 Å². The maximum atomic E-state index is 12.9. The van der Waals surface area contributed by atoms with Crippen molar-refractivity contribution in [1.29, 1.82) is 0 Å². The number of piperidine rings is 1. The lowest BCUT2D eigenvalue weighted by Crippen LogP contribution is -2.34. The molecule has 0 spiro atoms. The minimum atomic E-state index is -2.37. The van der Waals surface area contributed by atoms with Crippen LogP contribution in [0.1, 0.15) is 12.8 Å². The monoisotopic (exact) mass is 203 g/mol. The van der Waals surface area contributed by atoms with Gasteiger partial charge in [0.15, 0.2) is 0 Å². The molecule has 2 aliphatic carbocycles. The molecule has 2 nitrogen and oxygen atoms in total. The molecule has 14 heavy (non-hydrogen) atoms. The van der Waals surface area contributed by atoms with Gasteiger partial charge in [-0.05, 0) is 12.8 Å². The molecule has 2 unspecified atom stereocenters. The first-order chi connectivity index (χ1) is 6.57. The van der Waals surface area contributed by atoms with Crippen LogP contribution in [0.5, 0.6) is 0 Å². The molecule has 1 heterocycles. The summed E-state index contributed by atoms with van der Waals surface area (Å²) in [5.41, 5.74) is 0.0755. The Balaban J connectivity index is 1.55. The molecule has 0 aromatic rings. The highest BCUT2D eigenvalue weighted by Gasteiger charge is 2.71. The van der Waals surface area contributed by atoms with Crippen LogP contribution in [0, 0.1) is 17.3 Å². The molecule has 1 aliphatic heterocycles. The second kappa shape index (κ2) is 2.47. The second-order valence-electron chi connectivity index (χ2n) is 5.24. The number of aliphatic hydroxyl groups excluding tert-OH is 1. The predicted molar refractivity (Wildman–Crippen MR) is 47.1 cm³/mol. The smallest absolute Gasteiger partial charge is 0.257 e. The number of nitrogens with zero attached hydrogens (tertiary/aromatic N) is 1. The van der Waals surface area contributed by atoms with Crippen LogP contribution in [-0.4, -0.2) is 42.2 Å². The van der Waals surface area contributed by atoms with Gasteiger partial charge in [-0.15, -0.1) is 0 Å². The molecular weight excluding hydrogens is 188 g/mol. The lowest BCUT2D eigenvalue weighted by molar-refractivity contribution is 0.0454. The quantitative estimate of drug-likeness (QED) is 0.738. The molecule has 3 aliphatic rings. The summed E-state index contributed by atoms with van der Waals surface area (Å²) in [5.74, 6) is -3.12. The van der Waals surface area contributed by atoms with Gasteiger partial charge in [-0.2, -0.15) is 0 Å². The average Bonchev–Trinajstić information content (AvgIpc) is 2.90. The Kier molecular flexibility index (Phi) is 1.60. The maximum absolute atomic E-state index is 12.9. The molecule has 1 saturated heterocycles. The fourth-order valence-electron chi connectivity index (χ4n) is 2.74. The highest BCUT2D eigenvalue weighted by Crippen LogP contribution is 2.60. The summed E-state index contributed by atoms with van der Waals surface area (Å²) in [6.07, 6.45) is 2.12. The van der Waals surface area contributed by atoms with E-state index in [4.69, 9.17) is 5.11 Å². The fraction of sp³-hybridized carbons (Fsp3) is 1.00. The Morgan fingerprint density at radius 3 is 2.21 bits per heavy atom. The third kappa shape index (κ3) is 1.13. The van der Waals surface area contributed by atoms with Crippen LogP contribution < -0.4 is 0 Å². The van der Waals surface area contributed by atoms with Gasteiger partial charge in [-0.25, -0.2) is 8.78 Å². The molecule has 80 valence electrons. The van der Waals surface area contributed by atoms with Crippen molar-refractivity contribution in [2.24, 2.45) is 17.3 Å². The summed E-state index contributed by atoms with van der Waals surface area (Å²) in [6, 6.07) is 0. The van der Waals surface area contributed by atoms with Gasteiger partial charge in [-0.3, -0.25) is 0 Å². The summed E-state index contributed by atoms with van der Waals surface area (Å²) >= 11 is 0. The van der Waals surface area contributed by atoms with Crippen LogP contribution in [-0.2, 0) is 0 Å². The maximum Gasteiger partial charge on any atom is 0.257 e. The zero-order valence-corrected chi connectivity index (χ0v) is 8.05. The third-order valence-electron chi connectivity index (χ3n) is 4.13. The summed E-state index contributed by atoms with van der Waals surface area (Å²) in [7, 11) is 0. The van der Waals surface area contributed by atoms with E-state index in [1.165, 1.54) is 0 Å². The van der Waals surface area contributed by atoms with Crippen LogP contribution in [0.15, 0.2) is 0 Å². The van der Waals surface area contributed by atoms with Crippen molar-refractivity contribution >= 4 is 0 Å². The van der Waals surface area contributed by atoms with Gasteiger partial charge in [0.25, 0.3) is 5.92 Å². The summed E-state index contributed by atoms with van der Waals surface area (Å²) in [5, 5.41) is 9.12. The molecule has 2 atom stereocenters. The van der Waals surface area contributed by atoms with E-state index < -0.39 is 5.92 Å². The molecule has 3 rings (SSSR count). The zero-order valence-electron chi connectivity index (χ0n) is 8.05. The molecule has 2 saturated carbocycles. The lowest BCUT2D eigenvalue weighted by Gasteiger charge is -2.23. The summed E-state index contributed by atoms with van der Waals surface area (Å²) in [4.78, 5) is 2.11. The number of hydrogen-bond donors (Lipinski definition) is 1. The van der Waals surface area contributed by atoms with Crippen molar-refractivity contribution in [3.63, 3.8) is 0 Å². The molecule has 0 aromatic heterocycles. The van der Waals surface area contributed by atoms with E-state index in [1.54, 1.807) is 0 Å². The largest absolute Gasteiger partial charge is 0.396 e. The average molecular weight is 203 g/mol. The van der Waals surface area contributed by atoms with E-state index in [1.807, 2.05) is 0 Å². The van der Waals surface area contributed by atoms with E-state index in [2.05, 4.69) is 4.90 Å². The number of alkyl halides is 2. The first-order valence-electron chi connectivity index (χ1n) is 5.28. The van der Waals surface area contributed by atoms with Gasteiger partial charge in [0.2, 0.25) is 0 Å². The lowest BCUT2D eigenvalue weighted by atomic mass is 10.1. The fourth-order valence-corrected chi connectivity index (χ4v) is 2.74. The highest BCUT2D eigenvalue weighted by atomic mass is 19.3. The molecule has 0 amide bonds. The summed E-state index contributed by atoms with van der Waals surface area (Å²) in [6.45, 7) is 2.13. The number of rotatable bonds is 3. The van der Waals surface area contributed by atoms with Crippen LogP contribution in [0.25, 0.3) is 0 Å². The van der Waals surface area contributed by atoms with Gasteiger partial charge >= 0.3 is 0 Å². The van der Waals surface area contributed by atoms with Crippen molar-refractivity contribution < 1.29 is 13.9 Å². The van der Waals surface area contributed by atoms with E-state index >= 15 is 0 Å². The number of hydrogen-bond acceptors (Lipinski definition) is 2. The molecule has 4 heteroatoms. The van der Waals surface area contributed by atoms with Gasteiger partial charge in [0.05, 0.1) is 0 Å². The number of halogens is 2. The number of fused-ring (bicyclic) bond motifs is 1. The molecule has 1 N–H and O–H groups in total. The topological polar surface area (TPSA) is 23.5 Å². The Morgan fingerprint density at radius 1 is 1.21 bits per heavy atom. The minimum absolute atomic E-state index is 0.0755. The molecule has 0 aromatic carbocycles. The van der Waals surface area contributed by atoms with Crippen LogP contribution in [0.3, 0.4) is 0 Å². The molecule has 0 bridgehead atoms. The van der Waals surface area contributed by atoms with Gasteiger partial charge in [0, 0.05) is 43.5 Å². The predicted octanol–water partition coefficient (Wildman–Crippen LogP) is 0.956. The minimum Gasteiger partial charge on any atom is -0.396 e. The Hall–Kier alpha value is -0.220. The Labute approximate surface area is 81.9 Å². The molecular formula is C10H15F2NO. The van der Waals surface area contributed by atoms with Crippen molar-refractivity contribution in [2.45, 2.75) is 18.8 Å². The first-order valence-corrected chi connectivity index (χ1v) is 5.28. The highest BCUT2D eigenvalue weighted by molar-refractivity contribution is 5.13. The van der Waals surface area contributed by atoms with Crippen molar-refractivity contribution in [1.82, 2.24) is 4.90 Å². The van der Waals surface area contributed by atoms with Crippen molar-refractivity contribution in [3.8, 4) is 0 Å². The molecule has 0 radical (unpaired) electrons. The van der Waals surface area contributed by atoms with Gasteiger partial charge < -0.3 is 10.0 Å². The number of aliphatic hydroxyl groups is 1. The normalized spacial score (nSPS) is 42.2. The van der Waals surface area contributed by atoms with Gasteiger partial charge in [0.1, 0.15) is 0 Å². The zero-order chi connectivity index (χ0) is 9.97. The van der Waals surface area contributed by atoms with Crippen LogP contribution in [0.2, 0.25) is 0 Å². The second-order valence-corrected chi connectivity index (χ2v) is 5.24. The van der Waals surface area contributed by atoms with Crippen molar-refractivity contribution in [2.75, 3.05) is 26.2 Å². The Bertz CT molecular complexity index is 251.